The predicted molar refractivity (Wildman–Crippen MR) is 89.2 cm³/mol. The van der Waals surface area contributed by atoms with Gasteiger partial charge >= 0.3 is 0 Å². The van der Waals surface area contributed by atoms with Crippen molar-refractivity contribution >= 4 is 15.9 Å². The fraction of sp³-hybridized carbons (Fsp3) is 0.750. The summed E-state index contributed by atoms with van der Waals surface area (Å²) in [6.07, 6.45) is 6.89. The molecule has 1 unspecified atom stereocenters. The van der Waals surface area contributed by atoms with Crippen molar-refractivity contribution in [3.8, 4) is 0 Å². The van der Waals surface area contributed by atoms with Crippen LogP contribution in [0.1, 0.15) is 47.5 Å². The molecule has 1 saturated heterocycles. The van der Waals surface area contributed by atoms with Gasteiger partial charge in [-0.15, -0.1) is 0 Å². The van der Waals surface area contributed by atoms with E-state index >= 15 is 0 Å². The maximum Gasteiger partial charge on any atom is 0.276 e. The third-order valence-electron chi connectivity index (χ3n) is 5.04. The number of nitrogens with zero attached hydrogens (tertiary/aromatic N) is 3. The van der Waals surface area contributed by atoms with Crippen LogP contribution in [0.5, 0.6) is 0 Å². The van der Waals surface area contributed by atoms with Crippen molar-refractivity contribution in [1.82, 2.24) is 14.4 Å². The quantitative estimate of drug-likeness (QED) is 0.813. The highest BCUT2D eigenvalue weighted by molar-refractivity contribution is 7.88. The van der Waals surface area contributed by atoms with Crippen molar-refractivity contribution in [2.75, 3.05) is 32.9 Å². The minimum atomic E-state index is -3.19. The monoisotopic (exact) mass is 355 g/mol. The molecule has 1 aliphatic heterocycles. The number of rotatable bonds is 4. The number of aromatic nitrogens is 1. The van der Waals surface area contributed by atoms with Gasteiger partial charge in [-0.1, -0.05) is 5.16 Å². The number of carbonyl (C=O) groups excluding carboxylic acids is 1. The molecule has 1 aromatic rings. The Morgan fingerprint density at radius 3 is 2.83 bits per heavy atom. The minimum absolute atomic E-state index is 0.0754. The lowest BCUT2D eigenvalue weighted by molar-refractivity contribution is 0.0653. The molecule has 2 heterocycles. The third kappa shape index (κ3) is 3.64. The highest BCUT2D eigenvalue weighted by atomic mass is 32.2. The molecular weight excluding hydrogens is 330 g/mol. The average Bonchev–Trinajstić information content (AvgIpc) is 2.97. The lowest BCUT2D eigenvalue weighted by Crippen LogP contribution is -2.44. The molecule has 7 nitrogen and oxygen atoms in total. The lowest BCUT2D eigenvalue weighted by atomic mass is 9.94. The average molecular weight is 355 g/mol. The van der Waals surface area contributed by atoms with Crippen LogP contribution in [0.25, 0.3) is 0 Å². The SMILES string of the molecule is CN(CC1CCCN(C(=O)c2noc3c2CCCC3)C1)S(C)(=O)=O. The fourth-order valence-corrected chi connectivity index (χ4v) is 4.08. The van der Waals surface area contributed by atoms with Crippen molar-refractivity contribution in [1.29, 1.82) is 0 Å². The third-order valence-corrected chi connectivity index (χ3v) is 6.32. The van der Waals surface area contributed by atoms with E-state index in [9.17, 15) is 13.2 Å². The summed E-state index contributed by atoms with van der Waals surface area (Å²) in [4.78, 5) is 14.6. The van der Waals surface area contributed by atoms with Gasteiger partial charge in [-0.3, -0.25) is 4.79 Å². The Balaban J connectivity index is 1.68. The first-order valence-corrected chi connectivity index (χ1v) is 10.4. The molecule has 0 aromatic carbocycles. The first-order valence-electron chi connectivity index (χ1n) is 8.54. The second-order valence-electron chi connectivity index (χ2n) is 6.94. The molecular formula is C16H25N3O4S. The number of piperidine rings is 1. The zero-order valence-electron chi connectivity index (χ0n) is 14.3. The van der Waals surface area contributed by atoms with Gasteiger partial charge in [0.05, 0.1) is 6.26 Å². The van der Waals surface area contributed by atoms with Crippen LogP contribution in [-0.4, -0.2) is 61.6 Å². The molecule has 8 heteroatoms. The summed E-state index contributed by atoms with van der Waals surface area (Å²) in [6, 6.07) is 0. The van der Waals surface area contributed by atoms with Crippen LogP contribution in [0.15, 0.2) is 4.52 Å². The Hall–Kier alpha value is -1.41. The first kappa shape index (κ1) is 17.4. The summed E-state index contributed by atoms with van der Waals surface area (Å²) in [5.74, 6) is 0.939. The molecule has 24 heavy (non-hydrogen) atoms. The zero-order valence-corrected chi connectivity index (χ0v) is 15.1. The number of amides is 1. The molecule has 0 bridgehead atoms. The van der Waals surface area contributed by atoms with Crippen LogP contribution in [0, 0.1) is 5.92 Å². The van der Waals surface area contributed by atoms with E-state index in [0.29, 0.717) is 25.3 Å². The van der Waals surface area contributed by atoms with Crippen LogP contribution in [-0.2, 0) is 22.9 Å². The molecule has 1 aliphatic carbocycles. The van der Waals surface area contributed by atoms with E-state index in [1.807, 2.05) is 0 Å². The molecule has 0 spiro atoms. The summed E-state index contributed by atoms with van der Waals surface area (Å²) in [5, 5.41) is 4.03. The van der Waals surface area contributed by atoms with Crippen molar-refractivity contribution in [3.05, 3.63) is 17.0 Å². The minimum Gasteiger partial charge on any atom is -0.360 e. The molecule has 0 N–H and O–H groups in total. The molecule has 1 amide bonds. The second kappa shape index (κ2) is 6.84. The van der Waals surface area contributed by atoms with Gasteiger partial charge in [-0.25, -0.2) is 12.7 Å². The highest BCUT2D eigenvalue weighted by Gasteiger charge is 2.31. The zero-order chi connectivity index (χ0) is 17.3. The Morgan fingerprint density at radius 1 is 1.33 bits per heavy atom. The van der Waals surface area contributed by atoms with Gasteiger partial charge in [0.25, 0.3) is 5.91 Å². The van der Waals surface area contributed by atoms with Crippen molar-refractivity contribution in [2.45, 2.75) is 38.5 Å². The number of likely N-dealkylation sites (tertiary alicyclic amines) is 1. The number of sulfonamides is 1. The van der Waals surface area contributed by atoms with E-state index in [1.54, 1.807) is 11.9 Å². The molecule has 0 radical (unpaired) electrons. The summed E-state index contributed by atoms with van der Waals surface area (Å²) < 4.78 is 29.9. The van der Waals surface area contributed by atoms with Gasteiger partial charge in [0.1, 0.15) is 5.76 Å². The maximum atomic E-state index is 12.8. The number of fused-ring (bicyclic) bond motifs is 1. The van der Waals surface area contributed by atoms with Crippen LogP contribution in [0.4, 0.5) is 0 Å². The van der Waals surface area contributed by atoms with Crippen molar-refractivity contribution in [3.63, 3.8) is 0 Å². The van der Waals surface area contributed by atoms with Crippen LogP contribution < -0.4 is 0 Å². The van der Waals surface area contributed by atoms with Crippen LogP contribution >= 0.6 is 0 Å². The van der Waals surface area contributed by atoms with E-state index in [0.717, 1.165) is 49.8 Å². The Kier molecular flexibility index (Phi) is 4.96. The van der Waals surface area contributed by atoms with E-state index in [-0.39, 0.29) is 11.8 Å². The molecule has 3 rings (SSSR count). The van der Waals surface area contributed by atoms with Gasteiger partial charge in [-0.2, -0.15) is 0 Å². The van der Waals surface area contributed by atoms with E-state index in [1.165, 1.54) is 10.6 Å². The largest absolute Gasteiger partial charge is 0.360 e. The predicted octanol–water partition coefficient (Wildman–Crippen LogP) is 1.30. The van der Waals surface area contributed by atoms with Crippen LogP contribution in [0.3, 0.4) is 0 Å². The summed E-state index contributed by atoms with van der Waals surface area (Å²) in [5.41, 5.74) is 1.43. The number of hydrogen-bond donors (Lipinski definition) is 0. The molecule has 2 aliphatic rings. The smallest absolute Gasteiger partial charge is 0.276 e. The number of aryl methyl sites for hydroxylation is 1. The van der Waals surface area contributed by atoms with Crippen molar-refractivity contribution in [2.24, 2.45) is 5.92 Å². The fourth-order valence-electron chi connectivity index (χ4n) is 3.60. The molecule has 1 atom stereocenters. The van der Waals surface area contributed by atoms with Gasteiger partial charge < -0.3 is 9.42 Å². The van der Waals surface area contributed by atoms with Crippen molar-refractivity contribution < 1.29 is 17.7 Å². The Labute approximate surface area is 143 Å². The van der Waals surface area contributed by atoms with E-state index < -0.39 is 10.0 Å². The van der Waals surface area contributed by atoms with Gasteiger partial charge in [0.2, 0.25) is 10.0 Å². The molecule has 0 saturated carbocycles. The molecule has 1 aromatic heterocycles. The van der Waals surface area contributed by atoms with Crippen LogP contribution in [0.2, 0.25) is 0 Å². The second-order valence-corrected chi connectivity index (χ2v) is 9.03. The van der Waals surface area contributed by atoms with Gasteiger partial charge in [-0.05, 0) is 38.0 Å². The number of carbonyl (C=O) groups is 1. The normalized spacial score (nSPS) is 21.8. The lowest BCUT2D eigenvalue weighted by Gasteiger charge is -2.34. The summed E-state index contributed by atoms with van der Waals surface area (Å²) in [7, 11) is -1.61. The Morgan fingerprint density at radius 2 is 2.08 bits per heavy atom. The number of hydrogen-bond acceptors (Lipinski definition) is 5. The van der Waals surface area contributed by atoms with Gasteiger partial charge in [0.15, 0.2) is 5.69 Å². The highest BCUT2D eigenvalue weighted by Crippen LogP contribution is 2.26. The summed E-state index contributed by atoms with van der Waals surface area (Å²) in [6.45, 7) is 1.71. The summed E-state index contributed by atoms with van der Waals surface area (Å²) >= 11 is 0. The van der Waals surface area contributed by atoms with E-state index in [4.69, 9.17) is 4.52 Å². The van der Waals surface area contributed by atoms with Gasteiger partial charge in [0, 0.05) is 38.7 Å². The first-order chi connectivity index (χ1) is 11.4. The maximum absolute atomic E-state index is 12.8. The molecule has 1 fully saturated rings. The Bertz CT molecular complexity index is 713. The standard InChI is InChI=1S/C16H25N3O4S/c1-18(24(2,21)22)10-12-6-5-9-19(11-12)16(20)15-13-7-3-4-8-14(13)23-17-15/h12H,3-11H2,1-2H3. The molecule has 134 valence electrons. The van der Waals surface area contributed by atoms with E-state index in [2.05, 4.69) is 5.16 Å². The topological polar surface area (TPSA) is 83.7 Å².